The lowest BCUT2D eigenvalue weighted by Gasteiger charge is -2.31. The Kier molecular flexibility index (Phi) is 2.20. The van der Waals surface area contributed by atoms with Crippen LogP contribution in [0.2, 0.25) is 0 Å². The zero-order chi connectivity index (χ0) is 9.69. The van der Waals surface area contributed by atoms with Gasteiger partial charge in [0.25, 0.3) is 0 Å². The van der Waals surface area contributed by atoms with Crippen LogP contribution in [0, 0.1) is 10.8 Å². The lowest BCUT2D eigenvalue weighted by Crippen LogP contribution is -2.34. The van der Waals surface area contributed by atoms with Crippen molar-refractivity contribution in [2.45, 2.75) is 33.7 Å². The highest BCUT2D eigenvalue weighted by Gasteiger charge is 2.55. The Balaban J connectivity index is 2.18. The van der Waals surface area contributed by atoms with Gasteiger partial charge in [0.1, 0.15) is 0 Å². The van der Waals surface area contributed by atoms with E-state index in [0.717, 1.165) is 6.04 Å². The number of rotatable bonds is 1. The van der Waals surface area contributed by atoms with Crippen LogP contribution >= 0.6 is 11.8 Å². The zero-order valence-corrected chi connectivity index (χ0v) is 10.1. The van der Waals surface area contributed by atoms with Crippen LogP contribution in [-0.2, 0) is 0 Å². The molecule has 0 spiro atoms. The molecule has 2 fully saturated rings. The topological polar surface area (TPSA) is 3.24 Å². The normalized spacial score (nSPS) is 45.9. The van der Waals surface area contributed by atoms with Gasteiger partial charge in [-0.1, -0.05) is 13.8 Å². The second-order valence-corrected chi connectivity index (χ2v) is 6.60. The molecule has 2 rings (SSSR count). The van der Waals surface area contributed by atoms with Gasteiger partial charge in [0.15, 0.2) is 0 Å². The van der Waals surface area contributed by atoms with Gasteiger partial charge in [0.05, 0.1) is 0 Å². The molecule has 0 aromatic heterocycles. The third-order valence-corrected chi connectivity index (χ3v) is 5.82. The van der Waals surface area contributed by atoms with Crippen LogP contribution in [0.4, 0.5) is 0 Å². The predicted octanol–water partition coefficient (Wildman–Crippen LogP) is 2.47. The summed E-state index contributed by atoms with van der Waals surface area (Å²) >= 11 is 2.15. The van der Waals surface area contributed by atoms with Crippen LogP contribution in [0.25, 0.3) is 0 Å². The van der Waals surface area contributed by atoms with Gasteiger partial charge in [-0.3, -0.25) is 4.90 Å². The first kappa shape index (κ1) is 9.85. The van der Waals surface area contributed by atoms with Crippen molar-refractivity contribution in [2.75, 3.05) is 24.6 Å². The summed E-state index contributed by atoms with van der Waals surface area (Å²) in [5.74, 6) is 2.74. The molecule has 2 saturated heterocycles. The third-order valence-electron chi connectivity index (χ3n) is 4.13. The molecule has 0 aliphatic carbocycles. The number of hydrogen-bond donors (Lipinski definition) is 0. The van der Waals surface area contributed by atoms with Gasteiger partial charge < -0.3 is 0 Å². The number of nitrogens with zero attached hydrogens (tertiary/aromatic N) is 1. The van der Waals surface area contributed by atoms with E-state index >= 15 is 0 Å². The second-order valence-electron chi connectivity index (χ2n) is 5.61. The summed E-state index contributed by atoms with van der Waals surface area (Å²) < 4.78 is 0. The molecular formula is C11H21NS. The summed E-state index contributed by atoms with van der Waals surface area (Å²) in [6.45, 7) is 12.2. The lowest BCUT2D eigenvalue weighted by atomic mass is 9.71. The van der Waals surface area contributed by atoms with Crippen LogP contribution in [0.5, 0.6) is 0 Å². The zero-order valence-electron chi connectivity index (χ0n) is 9.26. The molecule has 0 bridgehead atoms. The Morgan fingerprint density at radius 3 is 1.92 bits per heavy atom. The van der Waals surface area contributed by atoms with Crippen molar-refractivity contribution in [3.8, 4) is 0 Å². The molecule has 13 heavy (non-hydrogen) atoms. The molecule has 0 aromatic carbocycles. The van der Waals surface area contributed by atoms with Crippen LogP contribution in [0.3, 0.4) is 0 Å². The molecule has 0 unspecified atom stereocenters. The van der Waals surface area contributed by atoms with E-state index in [1.165, 1.54) is 24.6 Å². The molecule has 76 valence electrons. The molecule has 2 aliphatic rings. The molecule has 2 atom stereocenters. The maximum atomic E-state index is 2.65. The monoisotopic (exact) mass is 199 g/mol. The summed E-state index contributed by atoms with van der Waals surface area (Å²) in [4.78, 5) is 2.65. The minimum absolute atomic E-state index is 0.585. The van der Waals surface area contributed by atoms with Gasteiger partial charge in [-0.15, -0.1) is 0 Å². The van der Waals surface area contributed by atoms with Crippen LogP contribution in [-0.4, -0.2) is 35.5 Å². The van der Waals surface area contributed by atoms with Gasteiger partial charge in [0.2, 0.25) is 0 Å². The fraction of sp³-hybridized carbons (Fsp3) is 1.00. The Morgan fingerprint density at radius 2 is 1.54 bits per heavy atom. The van der Waals surface area contributed by atoms with Crippen molar-refractivity contribution in [3.05, 3.63) is 0 Å². The first-order valence-corrected chi connectivity index (χ1v) is 6.44. The molecule has 0 saturated carbocycles. The van der Waals surface area contributed by atoms with Crippen molar-refractivity contribution in [1.29, 1.82) is 0 Å². The Hall–Kier alpha value is 0.310. The van der Waals surface area contributed by atoms with Crippen molar-refractivity contribution in [1.82, 2.24) is 4.90 Å². The minimum Gasteiger partial charge on any atom is -0.300 e. The average molecular weight is 199 g/mol. The Bertz CT molecular complexity index is 198. The third kappa shape index (κ3) is 1.33. The van der Waals surface area contributed by atoms with E-state index in [4.69, 9.17) is 0 Å². The highest BCUT2D eigenvalue weighted by molar-refractivity contribution is 7.99. The molecule has 0 amide bonds. The van der Waals surface area contributed by atoms with Crippen LogP contribution in [0.1, 0.15) is 27.7 Å². The highest BCUT2D eigenvalue weighted by atomic mass is 32.2. The first-order chi connectivity index (χ1) is 5.97. The van der Waals surface area contributed by atoms with Gasteiger partial charge in [0, 0.05) is 30.6 Å². The fourth-order valence-corrected chi connectivity index (χ4v) is 4.52. The van der Waals surface area contributed by atoms with E-state index in [9.17, 15) is 0 Å². The van der Waals surface area contributed by atoms with Crippen molar-refractivity contribution < 1.29 is 0 Å². The quantitative estimate of drug-likeness (QED) is 0.638. The van der Waals surface area contributed by atoms with Crippen molar-refractivity contribution in [3.63, 3.8) is 0 Å². The highest BCUT2D eigenvalue weighted by Crippen LogP contribution is 2.55. The SMILES string of the molecule is CC(C)N1C[C@]2(C)CSC[C@]2(C)C1. The molecule has 0 radical (unpaired) electrons. The van der Waals surface area contributed by atoms with Gasteiger partial charge >= 0.3 is 0 Å². The molecule has 0 aromatic rings. The lowest BCUT2D eigenvalue weighted by molar-refractivity contribution is 0.212. The summed E-state index contributed by atoms with van der Waals surface area (Å²) in [5.41, 5.74) is 1.17. The van der Waals surface area contributed by atoms with E-state index < -0.39 is 0 Å². The minimum atomic E-state index is 0.585. The second kappa shape index (κ2) is 2.90. The van der Waals surface area contributed by atoms with Crippen molar-refractivity contribution >= 4 is 11.8 Å². The summed E-state index contributed by atoms with van der Waals surface area (Å²) in [7, 11) is 0. The van der Waals surface area contributed by atoms with E-state index in [1.807, 2.05) is 0 Å². The molecule has 0 N–H and O–H groups in total. The average Bonchev–Trinajstić information content (AvgIpc) is 2.38. The summed E-state index contributed by atoms with van der Waals surface area (Å²) in [6, 6.07) is 0.726. The van der Waals surface area contributed by atoms with Gasteiger partial charge in [-0.25, -0.2) is 0 Å². The Labute approximate surface area is 86.3 Å². The maximum absolute atomic E-state index is 2.65. The van der Waals surface area contributed by atoms with Crippen LogP contribution in [0.15, 0.2) is 0 Å². The molecule has 2 heteroatoms. The predicted molar refractivity (Wildman–Crippen MR) is 60.2 cm³/mol. The fourth-order valence-electron chi connectivity index (χ4n) is 2.64. The first-order valence-electron chi connectivity index (χ1n) is 5.29. The summed E-state index contributed by atoms with van der Waals surface area (Å²) in [6.07, 6.45) is 0. The van der Waals surface area contributed by atoms with Crippen LogP contribution < -0.4 is 0 Å². The number of thioether (sulfide) groups is 1. The molecule has 1 nitrogen and oxygen atoms in total. The number of fused-ring (bicyclic) bond motifs is 1. The van der Waals surface area contributed by atoms with E-state index in [2.05, 4.69) is 44.4 Å². The Morgan fingerprint density at radius 1 is 1.08 bits per heavy atom. The van der Waals surface area contributed by atoms with E-state index in [-0.39, 0.29) is 0 Å². The smallest absolute Gasteiger partial charge is 0.00522 e. The summed E-state index contributed by atoms with van der Waals surface area (Å²) in [5, 5.41) is 0. The van der Waals surface area contributed by atoms with Gasteiger partial charge in [-0.2, -0.15) is 11.8 Å². The molecule has 2 aliphatic heterocycles. The van der Waals surface area contributed by atoms with E-state index in [1.54, 1.807) is 0 Å². The maximum Gasteiger partial charge on any atom is 0.00522 e. The molecular weight excluding hydrogens is 178 g/mol. The van der Waals surface area contributed by atoms with Crippen molar-refractivity contribution in [2.24, 2.45) is 10.8 Å². The van der Waals surface area contributed by atoms with Gasteiger partial charge in [-0.05, 0) is 24.7 Å². The standard InChI is InChI=1S/C11H21NS/c1-9(2)12-5-10(3)7-13-8-11(10,4)6-12/h9H,5-8H2,1-4H3/t10-,11+. The molecule has 2 heterocycles. The van der Waals surface area contributed by atoms with E-state index in [0.29, 0.717) is 10.8 Å². The number of hydrogen-bond acceptors (Lipinski definition) is 2. The largest absolute Gasteiger partial charge is 0.300 e. The number of likely N-dealkylation sites (tertiary alicyclic amines) is 1.